The fourth-order valence-electron chi connectivity index (χ4n) is 2.44. The second-order valence-electron chi connectivity index (χ2n) is 6.94. The number of carbonyl (C=O) groups excluding carboxylic acids is 2. The van der Waals surface area contributed by atoms with Gasteiger partial charge in [0.2, 0.25) is 11.8 Å². The Kier molecular flexibility index (Phi) is 6.14. The summed E-state index contributed by atoms with van der Waals surface area (Å²) in [5, 5.41) is 2.78. The second-order valence-corrected chi connectivity index (χ2v) is 6.94. The van der Waals surface area contributed by atoms with Crippen LogP contribution in [0.5, 0.6) is 0 Å². The molecule has 0 aliphatic carbocycles. The van der Waals surface area contributed by atoms with Crippen molar-refractivity contribution in [3.8, 4) is 0 Å². The van der Waals surface area contributed by atoms with Crippen molar-refractivity contribution in [2.75, 3.05) is 0 Å². The van der Waals surface area contributed by atoms with E-state index in [1.807, 2.05) is 27.7 Å². The van der Waals surface area contributed by atoms with Gasteiger partial charge in [-0.05, 0) is 18.3 Å². The molecule has 2 aromatic heterocycles. The molecule has 5 N–H and O–H groups in total. The maximum atomic E-state index is 12.5. The molecule has 2 amide bonds. The number of hydrogen-bond donors (Lipinski definition) is 3. The van der Waals surface area contributed by atoms with Crippen molar-refractivity contribution in [1.29, 1.82) is 0 Å². The second kappa shape index (κ2) is 8.13. The number of hydrogen-bond acceptors (Lipinski definition) is 7. The first kappa shape index (κ1) is 19.6. The first-order chi connectivity index (χ1) is 12.2. The van der Waals surface area contributed by atoms with Crippen LogP contribution in [0.25, 0.3) is 0 Å². The highest BCUT2D eigenvalue weighted by atomic mass is 16.3. The van der Waals surface area contributed by atoms with Crippen molar-refractivity contribution in [2.45, 2.75) is 46.2 Å². The predicted octanol–water partition coefficient (Wildman–Crippen LogP) is 1.93. The van der Waals surface area contributed by atoms with Crippen LogP contribution in [0, 0.1) is 11.8 Å². The first-order valence-electron chi connectivity index (χ1n) is 8.46. The molecule has 0 saturated heterocycles. The Hall–Kier alpha value is -2.68. The minimum atomic E-state index is -0.700. The van der Waals surface area contributed by atoms with Crippen LogP contribution in [0.4, 0.5) is 0 Å². The summed E-state index contributed by atoms with van der Waals surface area (Å²) in [5.74, 6) is -0.306. The molecule has 2 heterocycles. The quantitative estimate of drug-likeness (QED) is 0.648. The molecular formula is C17H25N5O4. The van der Waals surface area contributed by atoms with E-state index in [4.69, 9.17) is 20.3 Å². The fraction of sp³-hybridized carbons (Fsp3) is 0.529. The van der Waals surface area contributed by atoms with Gasteiger partial charge in [0, 0.05) is 0 Å². The van der Waals surface area contributed by atoms with Crippen molar-refractivity contribution in [1.82, 2.24) is 15.3 Å². The van der Waals surface area contributed by atoms with E-state index in [0.29, 0.717) is 18.2 Å². The zero-order valence-corrected chi connectivity index (χ0v) is 15.4. The monoisotopic (exact) mass is 363 g/mol. The molecular weight excluding hydrogens is 338 g/mol. The van der Waals surface area contributed by atoms with Gasteiger partial charge in [0.05, 0.1) is 6.04 Å². The van der Waals surface area contributed by atoms with E-state index in [1.165, 1.54) is 12.5 Å². The van der Waals surface area contributed by atoms with Gasteiger partial charge >= 0.3 is 0 Å². The van der Waals surface area contributed by atoms with Crippen LogP contribution in [0.15, 0.2) is 21.4 Å². The van der Waals surface area contributed by atoms with Crippen LogP contribution in [0.2, 0.25) is 0 Å². The van der Waals surface area contributed by atoms with E-state index < -0.39 is 17.9 Å². The van der Waals surface area contributed by atoms with Gasteiger partial charge in [0.15, 0.2) is 11.4 Å². The number of nitrogens with two attached hydrogens (primary N) is 2. The summed E-state index contributed by atoms with van der Waals surface area (Å²) in [4.78, 5) is 31.9. The largest absolute Gasteiger partial charge is 0.446 e. The lowest BCUT2D eigenvalue weighted by molar-refractivity contribution is 0.0911. The molecule has 0 aliphatic rings. The lowest BCUT2D eigenvalue weighted by Gasteiger charge is -2.18. The van der Waals surface area contributed by atoms with E-state index in [0.717, 1.165) is 0 Å². The van der Waals surface area contributed by atoms with E-state index >= 15 is 0 Å². The molecule has 9 heteroatoms. The molecule has 0 saturated carbocycles. The Morgan fingerprint density at radius 2 is 1.65 bits per heavy atom. The Morgan fingerprint density at radius 1 is 1.08 bits per heavy atom. The number of carbonyl (C=O) groups is 2. The van der Waals surface area contributed by atoms with Crippen LogP contribution < -0.4 is 16.8 Å². The van der Waals surface area contributed by atoms with Crippen LogP contribution >= 0.6 is 0 Å². The summed E-state index contributed by atoms with van der Waals surface area (Å²) in [7, 11) is 0. The van der Waals surface area contributed by atoms with Gasteiger partial charge < -0.3 is 25.6 Å². The zero-order chi connectivity index (χ0) is 19.4. The summed E-state index contributed by atoms with van der Waals surface area (Å²) in [6.45, 7) is 7.85. The number of nitrogens with zero attached hydrogens (tertiary/aromatic N) is 2. The molecule has 0 aliphatic heterocycles. The van der Waals surface area contributed by atoms with E-state index in [1.54, 1.807) is 0 Å². The van der Waals surface area contributed by atoms with E-state index in [2.05, 4.69) is 15.3 Å². The normalized spacial score (nSPS) is 13.8. The summed E-state index contributed by atoms with van der Waals surface area (Å²) in [6, 6.07) is -0.928. The topological polar surface area (TPSA) is 150 Å². The number of primary amides is 1. The van der Waals surface area contributed by atoms with E-state index in [-0.39, 0.29) is 29.2 Å². The van der Waals surface area contributed by atoms with Gasteiger partial charge in [0.1, 0.15) is 18.6 Å². The highest BCUT2D eigenvalue weighted by molar-refractivity contribution is 5.92. The SMILES string of the molecule is CC(C)C[C@H](N)c1nc(C(=O)N[C@H](c2nc(C(N)=O)co2)C(C)C)co1. The molecule has 9 nitrogen and oxygen atoms in total. The molecule has 26 heavy (non-hydrogen) atoms. The van der Waals surface area contributed by atoms with Gasteiger partial charge in [0.25, 0.3) is 11.8 Å². The minimum Gasteiger partial charge on any atom is -0.446 e. The highest BCUT2D eigenvalue weighted by Crippen LogP contribution is 2.22. The summed E-state index contributed by atoms with van der Waals surface area (Å²) in [6.07, 6.45) is 3.13. The Balaban J connectivity index is 2.12. The number of rotatable bonds is 8. The summed E-state index contributed by atoms with van der Waals surface area (Å²) >= 11 is 0. The third-order valence-corrected chi connectivity index (χ3v) is 3.79. The zero-order valence-electron chi connectivity index (χ0n) is 15.4. The molecule has 0 aromatic carbocycles. The lowest BCUT2D eigenvalue weighted by Crippen LogP contribution is -2.32. The van der Waals surface area contributed by atoms with Crippen molar-refractivity contribution in [3.05, 3.63) is 35.7 Å². The minimum absolute atomic E-state index is 0.00304. The third kappa shape index (κ3) is 4.69. The molecule has 2 rings (SSSR count). The average Bonchev–Trinajstić information content (AvgIpc) is 3.20. The maximum Gasteiger partial charge on any atom is 0.273 e. The number of amides is 2. The lowest BCUT2D eigenvalue weighted by atomic mass is 10.0. The summed E-state index contributed by atoms with van der Waals surface area (Å²) < 4.78 is 10.6. The van der Waals surface area contributed by atoms with Crippen molar-refractivity contribution < 1.29 is 18.4 Å². The molecule has 0 fully saturated rings. The van der Waals surface area contributed by atoms with Gasteiger partial charge in [-0.1, -0.05) is 27.7 Å². The van der Waals surface area contributed by atoms with Crippen molar-refractivity contribution >= 4 is 11.8 Å². The molecule has 0 radical (unpaired) electrons. The average molecular weight is 363 g/mol. The van der Waals surface area contributed by atoms with Crippen molar-refractivity contribution in [3.63, 3.8) is 0 Å². The van der Waals surface area contributed by atoms with Gasteiger partial charge in [-0.15, -0.1) is 0 Å². The Labute approximate surface area is 151 Å². The van der Waals surface area contributed by atoms with Gasteiger partial charge in [-0.25, -0.2) is 9.97 Å². The van der Waals surface area contributed by atoms with Gasteiger partial charge in [-0.2, -0.15) is 0 Å². The van der Waals surface area contributed by atoms with Crippen molar-refractivity contribution in [2.24, 2.45) is 23.3 Å². The number of nitrogens with one attached hydrogen (secondary N) is 1. The molecule has 2 atom stereocenters. The molecule has 0 spiro atoms. The highest BCUT2D eigenvalue weighted by Gasteiger charge is 2.26. The van der Waals surface area contributed by atoms with Crippen LogP contribution in [0.1, 0.15) is 79.0 Å². The number of aromatic nitrogens is 2. The standard InChI is InChI=1S/C17H25N5O4/c1-8(2)5-10(18)16-21-12(7-25-16)15(24)22-13(9(3)4)17-20-11(6-26-17)14(19)23/h6-10,13H,5,18H2,1-4H3,(H2,19,23)(H,22,24)/t10-,13-/m0/s1. The molecule has 0 unspecified atom stereocenters. The Bertz CT molecular complexity index is 765. The maximum absolute atomic E-state index is 12.5. The third-order valence-electron chi connectivity index (χ3n) is 3.79. The molecule has 0 bridgehead atoms. The predicted molar refractivity (Wildman–Crippen MR) is 93.0 cm³/mol. The smallest absolute Gasteiger partial charge is 0.273 e. The van der Waals surface area contributed by atoms with Gasteiger partial charge in [-0.3, -0.25) is 9.59 Å². The molecule has 142 valence electrons. The molecule has 2 aromatic rings. The number of oxazole rings is 2. The summed E-state index contributed by atoms with van der Waals surface area (Å²) in [5.41, 5.74) is 11.3. The Morgan fingerprint density at radius 3 is 2.19 bits per heavy atom. The van der Waals surface area contributed by atoms with Crippen LogP contribution in [-0.4, -0.2) is 21.8 Å². The van der Waals surface area contributed by atoms with E-state index in [9.17, 15) is 9.59 Å². The first-order valence-corrected chi connectivity index (χ1v) is 8.46. The van der Waals surface area contributed by atoms with Crippen LogP contribution in [0.3, 0.4) is 0 Å². The fourth-order valence-corrected chi connectivity index (χ4v) is 2.44. The van der Waals surface area contributed by atoms with Crippen LogP contribution in [-0.2, 0) is 0 Å².